The molecule has 0 bridgehead atoms. The lowest BCUT2D eigenvalue weighted by Gasteiger charge is -2.23. The Morgan fingerprint density at radius 1 is 0.625 bits per heavy atom. The van der Waals surface area contributed by atoms with E-state index in [1.54, 1.807) is 26.4 Å². The molecule has 0 aromatic heterocycles. The van der Waals surface area contributed by atoms with Gasteiger partial charge in [0, 0.05) is 13.1 Å². The Labute approximate surface area is 237 Å². The molecule has 3 aromatic rings. The number of aryl methyl sites for hydroxylation is 1. The molecule has 0 atom stereocenters. The van der Waals surface area contributed by atoms with Crippen LogP contribution in [0.15, 0.2) is 60.7 Å². The van der Waals surface area contributed by atoms with Gasteiger partial charge in [0.05, 0.1) is 47.7 Å². The van der Waals surface area contributed by atoms with Crippen LogP contribution in [0.5, 0.6) is 28.7 Å². The predicted octanol–water partition coefficient (Wildman–Crippen LogP) is 5.45. The number of carbonyl (C=O) groups is 1. The Morgan fingerprint density at radius 2 is 1.27 bits per heavy atom. The molecule has 8 nitrogen and oxygen atoms in total. The highest BCUT2D eigenvalue weighted by molar-refractivity contribution is 5.91. The number of methoxy groups -OCH3 is 5. The van der Waals surface area contributed by atoms with Crippen molar-refractivity contribution in [2.24, 2.45) is 0 Å². The van der Waals surface area contributed by atoms with Crippen molar-refractivity contribution in [3.63, 3.8) is 0 Å². The molecule has 0 aliphatic carbocycles. The lowest BCUT2D eigenvalue weighted by molar-refractivity contribution is 0.0487. The van der Waals surface area contributed by atoms with E-state index in [2.05, 4.69) is 35.2 Å². The van der Waals surface area contributed by atoms with Gasteiger partial charge < -0.3 is 33.3 Å². The Kier molecular flexibility index (Phi) is 12.4. The zero-order valence-corrected chi connectivity index (χ0v) is 24.2. The van der Waals surface area contributed by atoms with E-state index in [9.17, 15) is 4.79 Å². The first-order valence-electron chi connectivity index (χ1n) is 13.5. The maximum Gasteiger partial charge on any atom is 0.338 e. The maximum atomic E-state index is 12.8. The number of carbonyl (C=O) groups excluding carboxylic acids is 1. The van der Waals surface area contributed by atoms with Crippen LogP contribution < -0.4 is 23.7 Å². The molecule has 0 aliphatic heterocycles. The first-order valence-corrected chi connectivity index (χ1v) is 13.5. The quantitative estimate of drug-likeness (QED) is 0.162. The first kappa shape index (κ1) is 30.6. The molecule has 0 spiro atoms. The third kappa shape index (κ3) is 8.81. The maximum absolute atomic E-state index is 12.8. The summed E-state index contributed by atoms with van der Waals surface area (Å²) in [7, 11) is 7.84. The van der Waals surface area contributed by atoms with Gasteiger partial charge in [0.15, 0.2) is 23.0 Å². The van der Waals surface area contributed by atoms with Crippen LogP contribution in [0, 0.1) is 0 Å². The van der Waals surface area contributed by atoms with Gasteiger partial charge in [-0.1, -0.05) is 36.4 Å². The van der Waals surface area contributed by atoms with Gasteiger partial charge in [-0.25, -0.2) is 4.79 Å². The molecule has 216 valence electrons. The van der Waals surface area contributed by atoms with Crippen molar-refractivity contribution in [2.75, 3.05) is 61.8 Å². The molecule has 0 amide bonds. The summed E-state index contributed by atoms with van der Waals surface area (Å²) >= 11 is 0. The summed E-state index contributed by atoms with van der Waals surface area (Å²) in [5.74, 6) is 2.28. The first-order chi connectivity index (χ1) is 19.5. The van der Waals surface area contributed by atoms with Gasteiger partial charge in [-0.3, -0.25) is 0 Å². The molecule has 0 heterocycles. The highest BCUT2D eigenvalue weighted by Crippen LogP contribution is 2.38. The minimum Gasteiger partial charge on any atom is -0.493 e. The van der Waals surface area contributed by atoms with Crippen molar-refractivity contribution >= 4 is 5.97 Å². The van der Waals surface area contributed by atoms with Gasteiger partial charge in [-0.2, -0.15) is 0 Å². The standard InChI is InChI=1S/C32H41NO7/c1-35-27-15-14-25(21-28(27)36-2)16-19-33(17-9-13-24-11-7-6-8-12-24)18-10-20-40-32(34)26-22-29(37-3)31(39-5)30(23-26)38-4/h6-8,11-12,14-15,21-23H,9-10,13,16-20H2,1-5H3. The van der Waals surface area contributed by atoms with Crippen LogP contribution in [-0.4, -0.2) is 72.7 Å². The van der Waals surface area contributed by atoms with Crippen LogP contribution in [-0.2, 0) is 17.6 Å². The molecule has 0 saturated heterocycles. The van der Waals surface area contributed by atoms with Crippen molar-refractivity contribution < 1.29 is 33.2 Å². The van der Waals surface area contributed by atoms with E-state index in [-0.39, 0.29) is 0 Å². The second-order valence-electron chi connectivity index (χ2n) is 9.27. The average molecular weight is 552 g/mol. The van der Waals surface area contributed by atoms with Gasteiger partial charge in [0.2, 0.25) is 5.75 Å². The van der Waals surface area contributed by atoms with Gasteiger partial charge in [0.1, 0.15) is 0 Å². The van der Waals surface area contributed by atoms with Crippen molar-refractivity contribution in [2.45, 2.75) is 25.7 Å². The summed E-state index contributed by atoms with van der Waals surface area (Å²) in [6.45, 7) is 2.94. The Bertz CT molecular complexity index is 1170. The molecule has 0 saturated carbocycles. The monoisotopic (exact) mass is 551 g/mol. The Hall–Kier alpha value is -3.91. The number of esters is 1. The number of ether oxygens (including phenoxy) is 6. The fourth-order valence-electron chi connectivity index (χ4n) is 4.55. The second kappa shape index (κ2) is 16.3. The highest BCUT2D eigenvalue weighted by atomic mass is 16.5. The SMILES string of the molecule is COc1ccc(CCN(CCCOC(=O)c2cc(OC)c(OC)c(OC)c2)CCCc2ccccc2)cc1OC. The zero-order chi connectivity index (χ0) is 28.7. The van der Waals surface area contributed by atoms with Gasteiger partial charge >= 0.3 is 5.97 Å². The molecular formula is C32H41NO7. The third-order valence-corrected chi connectivity index (χ3v) is 6.70. The lowest BCUT2D eigenvalue weighted by atomic mass is 10.1. The van der Waals surface area contributed by atoms with E-state index in [1.165, 1.54) is 32.5 Å². The van der Waals surface area contributed by atoms with Crippen molar-refractivity contribution in [3.8, 4) is 28.7 Å². The summed E-state index contributed by atoms with van der Waals surface area (Å²) in [6.07, 6.45) is 3.65. The third-order valence-electron chi connectivity index (χ3n) is 6.70. The summed E-state index contributed by atoms with van der Waals surface area (Å²) in [5, 5.41) is 0. The largest absolute Gasteiger partial charge is 0.493 e. The number of hydrogen-bond donors (Lipinski definition) is 0. The summed E-state index contributed by atoms with van der Waals surface area (Å²) in [6, 6.07) is 19.8. The molecule has 3 aromatic carbocycles. The van der Waals surface area contributed by atoms with Crippen LogP contribution in [0.25, 0.3) is 0 Å². The van der Waals surface area contributed by atoms with Crippen LogP contribution in [0.3, 0.4) is 0 Å². The van der Waals surface area contributed by atoms with Crippen LogP contribution >= 0.6 is 0 Å². The number of hydrogen-bond acceptors (Lipinski definition) is 8. The van der Waals surface area contributed by atoms with Crippen molar-refractivity contribution in [3.05, 3.63) is 77.4 Å². The summed E-state index contributed by atoms with van der Waals surface area (Å²) in [5.41, 5.74) is 2.86. The van der Waals surface area contributed by atoms with Gasteiger partial charge in [0.25, 0.3) is 0 Å². The normalized spacial score (nSPS) is 10.8. The molecule has 40 heavy (non-hydrogen) atoms. The summed E-state index contributed by atoms with van der Waals surface area (Å²) in [4.78, 5) is 15.2. The lowest BCUT2D eigenvalue weighted by Crippen LogP contribution is -2.29. The topological polar surface area (TPSA) is 75.7 Å². The zero-order valence-electron chi connectivity index (χ0n) is 24.2. The van der Waals surface area contributed by atoms with E-state index in [1.807, 2.05) is 18.2 Å². The molecule has 0 fully saturated rings. The Morgan fingerprint density at radius 3 is 1.90 bits per heavy atom. The summed E-state index contributed by atoms with van der Waals surface area (Å²) < 4.78 is 32.5. The molecule has 3 rings (SSSR count). The molecule has 0 radical (unpaired) electrons. The fourth-order valence-corrected chi connectivity index (χ4v) is 4.55. The van der Waals surface area contributed by atoms with E-state index in [4.69, 9.17) is 28.4 Å². The van der Waals surface area contributed by atoms with Crippen LogP contribution in [0.1, 0.15) is 34.3 Å². The van der Waals surface area contributed by atoms with Crippen molar-refractivity contribution in [1.82, 2.24) is 4.90 Å². The minimum absolute atomic E-state index is 0.307. The van der Waals surface area contributed by atoms with E-state index in [0.717, 1.165) is 50.4 Å². The van der Waals surface area contributed by atoms with Gasteiger partial charge in [-0.05, 0) is 67.6 Å². The smallest absolute Gasteiger partial charge is 0.338 e. The number of benzene rings is 3. The van der Waals surface area contributed by atoms with E-state index >= 15 is 0 Å². The second-order valence-corrected chi connectivity index (χ2v) is 9.27. The molecular weight excluding hydrogens is 510 g/mol. The molecule has 0 unspecified atom stereocenters. The van der Waals surface area contributed by atoms with Crippen LogP contribution in [0.2, 0.25) is 0 Å². The fraction of sp³-hybridized carbons (Fsp3) is 0.406. The van der Waals surface area contributed by atoms with E-state index in [0.29, 0.717) is 35.8 Å². The number of nitrogens with zero attached hydrogens (tertiary/aromatic N) is 1. The van der Waals surface area contributed by atoms with E-state index < -0.39 is 5.97 Å². The highest BCUT2D eigenvalue weighted by Gasteiger charge is 2.18. The average Bonchev–Trinajstić information content (AvgIpc) is 3.00. The minimum atomic E-state index is -0.430. The van der Waals surface area contributed by atoms with Crippen molar-refractivity contribution in [1.29, 1.82) is 0 Å². The Balaban J connectivity index is 1.57. The van der Waals surface area contributed by atoms with Crippen LogP contribution in [0.4, 0.5) is 0 Å². The predicted molar refractivity (Wildman–Crippen MR) is 155 cm³/mol. The molecule has 8 heteroatoms. The molecule has 0 aliphatic rings. The molecule has 0 N–H and O–H groups in total. The number of rotatable bonds is 17. The van der Waals surface area contributed by atoms with Gasteiger partial charge in [-0.15, -0.1) is 0 Å².